The zero-order valence-electron chi connectivity index (χ0n) is 15.5. The average Bonchev–Trinajstić information content (AvgIpc) is 2.88. The summed E-state index contributed by atoms with van der Waals surface area (Å²) in [7, 11) is 2.17. The summed E-state index contributed by atoms with van der Waals surface area (Å²) in [6, 6.07) is 0. The molecule has 2 aliphatic rings. The maximum absolute atomic E-state index is 6.36. The Bertz CT molecular complexity index is 334. The molecule has 130 valence electrons. The largest absolute Gasteiger partial charge is 0.347 e. The van der Waals surface area contributed by atoms with Gasteiger partial charge in [-0.1, -0.05) is 34.1 Å². The van der Waals surface area contributed by atoms with Crippen molar-refractivity contribution in [1.82, 2.24) is 4.90 Å². The summed E-state index contributed by atoms with van der Waals surface area (Å²) in [5, 5.41) is 0. The Morgan fingerprint density at radius 2 is 1.86 bits per heavy atom. The highest BCUT2D eigenvalue weighted by Gasteiger charge is 2.46. The van der Waals surface area contributed by atoms with Crippen LogP contribution in [0.3, 0.4) is 0 Å². The van der Waals surface area contributed by atoms with Crippen molar-refractivity contribution in [3.05, 3.63) is 0 Å². The number of nitrogens with zero attached hydrogens (tertiary/aromatic N) is 1. The highest BCUT2D eigenvalue weighted by atomic mass is 16.7. The molecule has 0 bridgehead atoms. The fourth-order valence-corrected chi connectivity index (χ4v) is 4.23. The molecule has 1 saturated carbocycles. The van der Waals surface area contributed by atoms with Gasteiger partial charge in [0.05, 0.1) is 12.7 Å². The van der Waals surface area contributed by atoms with Crippen LogP contribution in [0.2, 0.25) is 0 Å². The fourth-order valence-electron chi connectivity index (χ4n) is 4.23. The zero-order valence-corrected chi connectivity index (χ0v) is 15.5. The fraction of sp³-hybridized carbons (Fsp3) is 1.00. The summed E-state index contributed by atoms with van der Waals surface area (Å²) in [6.45, 7) is 12.4. The quantitative estimate of drug-likeness (QED) is 0.693. The smallest absolute Gasteiger partial charge is 0.168 e. The Hall–Kier alpha value is -0.120. The van der Waals surface area contributed by atoms with E-state index in [2.05, 4.69) is 39.6 Å². The molecule has 22 heavy (non-hydrogen) atoms. The predicted molar refractivity (Wildman–Crippen MR) is 92.0 cm³/mol. The molecule has 0 aromatic carbocycles. The minimum atomic E-state index is -0.242. The Morgan fingerprint density at radius 1 is 1.18 bits per heavy atom. The van der Waals surface area contributed by atoms with Crippen LogP contribution < -0.4 is 0 Å². The van der Waals surface area contributed by atoms with Crippen molar-refractivity contribution in [3.8, 4) is 0 Å². The first-order chi connectivity index (χ1) is 10.4. The van der Waals surface area contributed by atoms with Crippen molar-refractivity contribution < 1.29 is 9.47 Å². The minimum absolute atomic E-state index is 0.242. The van der Waals surface area contributed by atoms with Gasteiger partial charge in [-0.3, -0.25) is 0 Å². The molecule has 0 radical (unpaired) electrons. The van der Waals surface area contributed by atoms with E-state index >= 15 is 0 Å². The highest BCUT2D eigenvalue weighted by molar-refractivity contribution is 4.90. The summed E-state index contributed by atoms with van der Waals surface area (Å²) in [6.07, 6.45) is 8.71. The Morgan fingerprint density at radius 3 is 2.45 bits per heavy atom. The lowest BCUT2D eigenvalue weighted by atomic mass is 9.68. The van der Waals surface area contributed by atoms with E-state index in [0.717, 1.165) is 44.9 Å². The third-order valence-corrected chi connectivity index (χ3v) is 6.03. The van der Waals surface area contributed by atoms with Gasteiger partial charge in [0.1, 0.15) is 0 Å². The topological polar surface area (TPSA) is 21.7 Å². The molecule has 0 N–H and O–H groups in total. The van der Waals surface area contributed by atoms with Gasteiger partial charge < -0.3 is 14.4 Å². The molecular formula is C19H37NO2. The zero-order chi connectivity index (χ0) is 16.2. The maximum atomic E-state index is 6.36. The molecule has 1 spiro atoms. The lowest BCUT2D eigenvalue weighted by molar-refractivity contribution is -0.197. The van der Waals surface area contributed by atoms with Crippen LogP contribution in [-0.2, 0) is 9.47 Å². The summed E-state index contributed by atoms with van der Waals surface area (Å²) in [4.78, 5) is 2.35. The van der Waals surface area contributed by atoms with E-state index in [-0.39, 0.29) is 5.79 Å². The van der Waals surface area contributed by atoms with Crippen molar-refractivity contribution in [2.45, 2.75) is 84.5 Å². The van der Waals surface area contributed by atoms with E-state index in [1.807, 2.05) is 0 Å². The van der Waals surface area contributed by atoms with E-state index in [1.54, 1.807) is 0 Å². The van der Waals surface area contributed by atoms with Crippen LogP contribution in [0.4, 0.5) is 0 Å². The van der Waals surface area contributed by atoms with Crippen molar-refractivity contribution in [3.63, 3.8) is 0 Å². The molecule has 3 heteroatoms. The second-order valence-corrected chi connectivity index (χ2v) is 8.16. The van der Waals surface area contributed by atoms with Crippen LogP contribution in [0, 0.1) is 11.3 Å². The second kappa shape index (κ2) is 7.63. The molecule has 1 atom stereocenters. The van der Waals surface area contributed by atoms with Crippen LogP contribution in [0.5, 0.6) is 0 Å². The molecule has 1 saturated heterocycles. The lowest BCUT2D eigenvalue weighted by Crippen LogP contribution is -2.39. The molecule has 2 fully saturated rings. The van der Waals surface area contributed by atoms with Gasteiger partial charge in [-0.15, -0.1) is 0 Å². The van der Waals surface area contributed by atoms with Gasteiger partial charge in [0.15, 0.2) is 5.79 Å². The lowest BCUT2D eigenvalue weighted by Gasteiger charge is -2.42. The van der Waals surface area contributed by atoms with E-state index in [9.17, 15) is 0 Å². The van der Waals surface area contributed by atoms with Crippen molar-refractivity contribution in [1.29, 1.82) is 0 Å². The molecular weight excluding hydrogens is 274 g/mol. The molecule has 2 rings (SSSR count). The van der Waals surface area contributed by atoms with Crippen molar-refractivity contribution >= 4 is 0 Å². The summed E-state index contributed by atoms with van der Waals surface area (Å²) >= 11 is 0. The maximum Gasteiger partial charge on any atom is 0.168 e. The third-order valence-electron chi connectivity index (χ3n) is 6.03. The van der Waals surface area contributed by atoms with Gasteiger partial charge in [-0.2, -0.15) is 0 Å². The van der Waals surface area contributed by atoms with Crippen LogP contribution in [0.15, 0.2) is 0 Å². The summed E-state index contributed by atoms with van der Waals surface area (Å²) < 4.78 is 12.5. The van der Waals surface area contributed by atoms with E-state index in [1.165, 1.54) is 25.7 Å². The molecule has 1 aliphatic heterocycles. The van der Waals surface area contributed by atoms with Crippen LogP contribution in [0.25, 0.3) is 0 Å². The first-order valence-corrected chi connectivity index (χ1v) is 9.41. The highest BCUT2D eigenvalue weighted by Crippen LogP contribution is 2.47. The van der Waals surface area contributed by atoms with Gasteiger partial charge in [-0.25, -0.2) is 0 Å². The van der Waals surface area contributed by atoms with Crippen LogP contribution in [0.1, 0.15) is 72.6 Å². The van der Waals surface area contributed by atoms with Gasteiger partial charge in [0.2, 0.25) is 0 Å². The monoisotopic (exact) mass is 311 g/mol. The molecule has 0 amide bonds. The summed E-state index contributed by atoms with van der Waals surface area (Å²) in [5.41, 5.74) is 0.470. The van der Waals surface area contributed by atoms with Gasteiger partial charge in [-0.05, 0) is 50.6 Å². The Kier molecular flexibility index (Phi) is 6.32. The number of ether oxygens (including phenoxy) is 2. The Labute approximate surface area is 137 Å². The van der Waals surface area contributed by atoms with Gasteiger partial charge in [0, 0.05) is 19.4 Å². The van der Waals surface area contributed by atoms with Crippen LogP contribution >= 0.6 is 0 Å². The second-order valence-electron chi connectivity index (χ2n) is 8.16. The molecule has 3 nitrogen and oxygen atoms in total. The number of hydrogen-bond donors (Lipinski definition) is 0. The number of rotatable bonds is 7. The molecule has 0 aromatic heterocycles. The molecule has 1 heterocycles. The average molecular weight is 312 g/mol. The third kappa shape index (κ3) is 4.46. The first-order valence-electron chi connectivity index (χ1n) is 9.41. The van der Waals surface area contributed by atoms with E-state index in [4.69, 9.17) is 9.47 Å². The Balaban J connectivity index is 1.79. The number of hydrogen-bond acceptors (Lipinski definition) is 3. The van der Waals surface area contributed by atoms with Crippen molar-refractivity contribution in [2.24, 2.45) is 11.3 Å². The van der Waals surface area contributed by atoms with Crippen molar-refractivity contribution in [2.75, 3.05) is 26.7 Å². The summed E-state index contributed by atoms with van der Waals surface area (Å²) in [5.74, 6) is 0.587. The van der Waals surface area contributed by atoms with E-state index in [0.29, 0.717) is 11.5 Å². The van der Waals surface area contributed by atoms with Gasteiger partial charge >= 0.3 is 0 Å². The van der Waals surface area contributed by atoms with Gasteiger partial charge in [0.25, 0.3) is 0 Å². The molecule has 0 aromatic rings. The normalized spacial score (nSPS) is 33.0. The SMILES string of the molecule is CCCC(C)(C)C1CCC2(CC1)OCC(CCN(C)CC)O2. The molecule has 1 aliphatic carbocycles. The first kappa shape index (κ1) is 18.2. The van der Waals surface area contributed by atoms with Crippen LogP contribution in [-0.4, -0.2) is 43.5 Å². The minimum Gasteiger partial charge on any atom is -0.347 e. The predicted octanol–water partition coefficient (Wildman–Crippen LogP) is 4.46. The standard InChI is InChI=1S/C19H37NO2/c1-6-11-18(3,4)16-8-12-19(13-9-16)21-15-17(22-19)10-14-20(5)7-2/h16-17H,6-15H2,1-5H3. The van der Waals surface area contributed by atoms with E-state index < -0.39 is 0 Å². The molecule has 1 unspecified atom stereocenters.